The van der Waals surface area contributed by atoms with Crippen LogP contribution in [0.5, 0.6) is 0 Å². The maximum Gasteiger partial charge on any atom is 0.251 e. The van der Waals surface area contributed by atoms with Gasteiger partial charge in [-0.15, -0.1) is 0 Å². The molecule has 1 aliphatic heterocycles. The molecule has 1 saturated heterocycles. The van der Waals surface area contributed by atoms with Crippen LogP contribution >= 0.6 is 0 Å². The maximum atomic E-state index is 13.2. The van der Waals surface area contributed by atoms with Crippen LogP contribution < -0.4 is 10.6 Å². The van der Waals surface area contributed by atoms with Crippen LogP contribution in [0.3, 0.4) is 0 Å². The fourth-order valence-corrected chi connectivity index (χ4v) is 6.22. The van der Waals surface area contributed by atoms with Gasteiger partial charge in [-0.3, -0.25) is 9.59 Å². The summed E-state index contributed by atoms with van der Waals surface area (Å²) in [6, 6.07) is 12.4. The number of fused-ring (bicyclic) bond motifs is 1. The first-order valence-corrected chi connectivity index (χ1v) is 13.6. The number of piperidine rings is 1. The largest absolute Gasteiger partial charge is 0.352 e. The number of rotatable bonds is 7. The number of sulfonamides is 1. The summed E-state index contributed by atoms with van der Waals surface area (Å²) in [6.07, 6.45) is 5.99. The van der Waals surface area contributed by atoms with E-state index in [1.807, 2.05) is 19.1 Å². The molecule has 0 spiro atoms. The quantitative estimate of drug-likeness (QED) is 0.627. The molecule has 0 aromatic heterocycles. The van der Waals surface area contributed by atoms with E-state index in [2.05, 4.69) is 10.6 Å². The molecule has 2 amide bonds. The highest BCUT2D eigenvalue weighted by atomic mass is 32.2. The standard InChI is InChI=1S/C26H33N3O4S/c1-2-14-27-25(30)22-8-5-9-23(17-22)28-26(31)20-12-15-29(16-13-20)34(32,33)24-11-10-19-6-3-4-7-21(19)18-24/h5,8-11,17-18,20H,2-4,6-7,12-16H2,1H3,(H,27,30)(H,28,31). The lowest BCUT2D eigenvalue weighted by atomic mass is 9.92. The second-order valence-electron chi connectivity index (χ2n) is 9.14. The van der Waals surface area contributed by atoms with Crippen LogP contribution in [0.15, 0.2) is 47.4 Å². The van der Waals surface area contributed by atoms with Gasteiger partial charge in [-0.25, -0.2) is 8.42 Å². The lowest BCUT2D eigenvalue weighted by Gasteiger charge is -2.31. The van der Waals surface area contributed by atoms with Gasteiger partial charge in [0, 0.05) is 36.8 Å². The number of anilines is 1. The molecule has 8 heteroatoms. The van der Waals surface area contributed by atoms with Crippen LogP contribution in [0.2, 0.25) is 0 Å². The number of hydrogen-bond donors (Lipinski definition) is 2. The van der Waals surface area contributed by atoms with Gasteiger partial charge in [0.25, 0.3) is 5.91 Å². The molecule has 0 saturated carbocycles. The summed E-state index contributed by atoms with van der Waals surface area (Å²) in [7, 11) is -3.57. The lowest BCUT2D eigenvalue weighted by Crippen LogP contribution is -2.41. The van der Waals surface area contributed by atoms with E-state index >= 15 is 0 Å². The third-order valence-electron chi connectivity index (χ3n) is 6.71. The van der Waals surface area contributed by atoms with E-state index in [0.717, 1.165) is 37.7 Å². The van der Waals surface area contributed by atoms with Gasteiger partial charge in [0.1, 0.15) is 0 Å². The van der Waals surface area contributed by atoms with Crippen molar-refractivity contribution in [1.29, 1.82) is 0 Å². The molecule has 7 nitrogen and oxygen atoms in total. The Kier molecular flexibility index (Phi) is 7.68. The first-order valence-electron chi connectivity index (χ1n) is 12.2. The second-order valence-corrected chi connectivity index (χ2v) is 11.1. The minimum Gasteiger partial charge on any atom is -0.352 e. The number of carbonyl (C=O) groups excluding carboxylic acids is 2. The molecule has 0 atom stereocenters. The minimum atomic E-state index is -3.57. The van der Waals surface area contributed by atoms with Crippen molar-refractivity contribution in [2.45, 2.75) is 56.8 Å². The average molecular weight is 484 g/mol. The van der Waals surface area contributed by atoms with Crippen LogP contribution in [0.1, 0.15) is 60.5 Å². The first-order chi connectivity index (χ1) is 16.4. The van der Waals surface area contributed by atoms with Crippen molar-refractivity contribution in [2.75, 3.05) is 25.0 Å². The summed E-state index contributed by atoms with van der Waals surface area (Å²) >= 11 is 0. The van der Waals surface area contributed by atoms with Crippen molar-refractivity contribution in [1.82, 2.24) is 9.62 Å². The summed E-state index contributed by atoms with van der Waals surface area (Å²) in [5, 5.41) is 5.72. The molecule has 2 N–H and O–H groups in total. The highest BCUT2D eigenvalue weighted by Gasteiger charge is 2.32. The Morgan fingerprint density at radius 3 is 2.47 bits per heavy atom. The number of benzene rings is 2. The van der Waals surface area contributed by atoms with Gasteiger partial charge in [-0.05, 0) is 86.4 Å². The van der Waals surface area contributed by atoms with Crippen LogP contribution in [-0.4, -0.2) is 44.2 Å². The van der Waals surface area contributed by atoms with Gasteiger partial charge in [0.05, 0.1) is 4.90 Å². The third kappa shape index (κ3) is 5.50. The molecule has 182 valence electrons. The van der Waals surface area contributed by atoms with Crippen LogP contribution in [-0.2, 0) is 27.7 Å². The molecule has 1 fully saturated rings. The predicted molar refractivity (Wildman–Crippen MR) is 132 cm³/mol. The van der Waals surface area contributed by atoms with Gasteiger partial charge in [0.2, 0.25) is 15.9 Å². The number of hydrogen-bond acceptors (Lipinski definition) is 4. The third-order valence-corrected chi connectivity index (χ3v) is 8.60. The zero-order chi connectivity index (χ0) is 24.1. The molecule has 34 heavy (non-hydrogen) atoms. The summed E-state index contributed by atoms with van der Waals surface area (Å²) in [5.41, 5.74) is 3.47. The predicted octanol–water partition coefficient (Wildman–Crippen LogP) is 3.74. The van der Waals surface area contributed by atoms with Gasteiger partial charge >= 0.3 is 0 Å². The van der Waals surface area contributed by atoms with E-state index in [9.17, 15) is 18.0 Å². The van der Waals surface area contributed by atoms with Crippen molar-refractivity contribution in [2.24, 2.45) is 5.92 Å². The van der Waals surface area contributed by atoms with Crippen LogP contribution in [0, 0.1) is 5.92 Å². The molecular formula is C26H33N3O4S. The number of nitrogens with one attached hydrogen (secondary N) is 2. The fraction of sp³-hybridized carbons (Fsp3) is 0.462. The molecule has 1 heterocycles. The molecular weight excluding hydrogens is 450 g/mol. The Morgan fingerprint density at radius 2 is 1.74 bits per heavy atom. The van der Waals surface area contributed by atoms with E-state index in [-0.39, 0.29) is 17.7 Å². The summed E-state index contributed by atoms with van der Waals surface area (Å²) < 4.78 is 27.9. The Balaban J connectivity index is 1.35. The van der Waals surface area contributed by atoms with E-state index in [1.54, 1.807) is 30.3 Å². The average Bonchev–Trinajstić information content (AvgIpc) is 2.87. The Morgan fingerprint density at radius 1 is 1.00 bits per heavy atom. The number of nitrogens with zero attached hydrogens (tertiary/aromatic N) is 1. The van der Waals surface area contributed by atoms with Gasteiger partial charge in [-0.2, -0.15) is 4.31 Å². The van der Waals surface area contributed by atoms with Crippen molar-refractivity contribution < 1.29 is 18.0 Å². The van der Waals surface area contributed by atoms with Crippen molar-refractivity contribution >= 4 is 27.5 Å². The number of carbonyl (C=O) groups is 2. The van der Waals surface area contributed by atoms with Gasteiger partial charge in [-0.1, -0.05) is 19.1 Å². The molecule has 2 aromatic rings. The zero-order valence-corrected chi connectivity index (χ0v) is 20.5. The highest BCUT2D eigenvalue weighted by Crippen LogP contribution is 2.28. The molecule has 2 aromatic carbocycles. The van der Waals surface area contributed by atoms with Crippen LogP contribution in [0.4, 0.5) is 5.69 Å². The number of amides is 2. The normalized spacial score (nSPS) is 17.1. The SMILES string of the molecule is CCCNC(=O)c1cccc(NC(=O)C2CCN(S(=O)(=O)c3ccc4c(c3)CCCC4)CC2)c1. The van der Waals surface area contributed by atoms with Crippen LogP contribution in [0.25, 0.3) is 0 Å². The fourth-order valence-electron chi connectivity index (χ4n) is 4.70. The Bertz CT molecular complexity index is 1150. The Hall–Kier alpha value is -2.71. The topological polar surface area (TPSA) is 95.6 Å². The molecule has 1 aliphatic carbocycles. The molecule has 2 aliphatic rings. The summed E-state index contributed by atoms with van der Waals surface area (Å²) in [4.78, 5) is 25.4. The van der Waals surface area contributed by atoms with Crippen molar-refractivity contribution in [3.8, 4) is 0 Å². The van der Waals surface area contributed by atoms with E-state index < -0.39 is 10.0 Å². The van der Waals surface area contributed by atoms with E-state index in [4.69, 9.17) is 0 Å². The number of aryl methyl sites for hydroxylation is 2. The van der Waals surface area contributed by atoms with Crippen molar-refractivity contribution in [3.05, 3.63) is 59.2 Å². The van der Waals surface area contributed by atoms with Crippen molar-refractivity contribution in [3.63, 3.8) is 0 Å². The second kappa shape index (κ2) is 10.7. The van der Waals surface area contributed by atoms with Gasteiger partial charge in [0.15, 0.2) is 0 Å². The summed E-state index contributed by atoms with van der Waals surface area (Å²) in [5.74, 6) is -0.580. The molecule has 0 radical (unpaired) electrons. The zero-order valence-electron chi connectivity index (χ0n) is 19.7. The Labute approximate surface area is 202 Å². The van der Waals surface area contributed by atoms with E-state index in [1.165, 1.54) is 9.87 Å². The first kappa shape index (κ1) is 24.4. The summed E-state index contributed by atoms with van der Waals surface area (Å²) in [6.45, 7) is 3.22. The van der Waals surface area contributed by atoms with E-state index in [0.29, 0.717) is 48.6 Å². The maximum absolute atomic E-state index is 13.2. The smallest absolute Gasteiger partial charge is 0.251 e. The molecule has 4 rings (SSSR count). The highest BCUT2D eigenvalue weighted by molar-refractivity contribution is 7.89. The van der Waals surface area contributed by atoms with Gasteiger partial charge < -0.3 is 10.6 Å². The monoisotopic (exact) mass is 483 g/mol. The lowest BCUT2D eigenvalue weighted by molar-refractivity contribution is -0.120. The molecule has 0 unspecified atom stereocenters. The minimum absolute atomic E-state index is 0.142. The molecule has 0 bridgehead atoms.